The van der Waals surface area contributed by atoms with Crippen LogP contribution < -0.4 is 0 Å². The second-order valence-corrected chi connectivity index (χ2v) is 9.39. The molecule has 0 radical (unpaired) electrons. The summed E-state index contributed by atoms with van der Waals surface area (Å²) in [6.07, 6.45) is 8.28. The van der Waals surface area contributed by atoms with Crippen molar-refractivity contribution in [1.29, 1.82) is 5.26 Å². The third-order valence-corrected chi connectivity index (χ3v) is 8.48. The van der Waals surface area contributed by atoms with Crippen molar-refractivity contribution in [3.8, 4) is 6.07 Å². The molecule has 4 aliphatic carbocycles. The van der Waals surface area contributed by atoms with Gasteiger partial charge in [-0.3, -0.25) is 0 Å². The molecule has 24 heavy (non-hydrogen) atoms. The zero-order valence-electron chi connectivity index (χ0n) is 14.8. The van der Waals surface area contributed by atoms with Crippen LogP contribution in [0, 0.1) is 39.9 Å². The summed E-state index contributed by atoms with van der Waals surface area (Å²) >= 11 is 0. The Labute approximate surface area is 144 Å². The Morgan fingerprint density at radius 2 is 1.75 bits per heavy atom. The van der Waals surface area contributed by atoms with Crippen molar-refractivity contribution in [1.82, 2.24) is 0 Å². The zero-order valence-corrected chi connectivity index (χ0v) is 14.8. The fraction of sp³-hybridized carbons (Fsp3) is 0.850. The molecule has 4 aliphatic rings. The predicted octanol–water partition coefficient (Wildman–Crippen LogP) is 2.88. The van der Waals surface area contributed by atoms with Crippen LogP contribution in [0.2, 0.25) is 0 Å². The lowest BCUT2D eigenvalue weighted by atomic mass is 9.47. The monoisotopic (exact) mass is 331 g/mol. The van der Waals surface area contributed by atoms with Crippen LogP contribution in [0.5, 0.6) is 0 Å². The maximum Gasteiger partial charge on any atom is 0.166 e. The van der Waals surface area contributed by atoms with E-state index in [0.29, 0.717) is 37.0 Å². The zero-order chi connectivity index (χ0) is 17.4. The fourth-order valence-electron chi connectivity index (χ4n) is 6.83. The maximum absolute atomic E-state index is 10.9. The number of aliphatic hydroxyl groups is 3. The normalized spacial score (nSPS) is 52.5. The number of hydrogen-bond acceptors (Lipinski definition) is 4. The van der Waals surface area contributed by atoms with Gasteiger partial charge in [-0.05, 0) is 61.7 Å². The summed E-state index contributed by atoms with van der Waals surface area (Å²) < 4.78 is 0. The van der Waals surface area contributed by atoms with Gasteiger partial charge in [0.05, 0.1) is 6.07 Å². The lowest BCUT2D eigenvalue weighted by Crippen LogP contribution is -2.55. The smallest absolute Gasteiger partial charge is 0.166 e. The Morgan fingerprint density at radius 3 is 2.46 bits per heavy atom. The fourth-order valence-corrected chi connectivity index (χ4v) is 6.83. The average Bonchev–Trinajstić information content (AvgIpc) is 2.80. The van der Waals surface area contributed by atoms with E-state index in [2.05, 4.69) is 26.0 Å². The molecule has 3 saturated carbocycles. The van der Waals surface area contributed by atoms with Gasteiger partial charge in [0.15, 0.2) is 11.4 Å². The van der Waals surface area contributed by atoms with E-state index in [-0.39, 0.29) is 10.8 Å². The second-order valence-electron chi connectivity index (χ2n) is 9.39. The summed E-state index contributed by atoms with van der Waals surface area (Å²) in [4.78, 5) is 0. The number of allylic oxidation sites excluding steroid dienone is 1. The van der Waals surface area contributed by atoms with Gasteiger partial charge in [0, 0.05) is 18.3 Å². The van der Waals surface area contributed by atoms with Crippen LogP contribution in [0.15, 0.2) is 11.6 Å². The molecule has 6 atom stereocenters. The van der Waals surface area contributed by atoms with Gasteiger partial charge < -0.3 is 15.3 Å². The lowest BCUT2D eigenvalue weighted by molar-refractivity contribution is -0.189. The summed E-state index contributed by atoms with van der Waals surface area (Å²) in [6, 6.07) is 2.23. The topological polar surface area (TPSA) is 84.5 Å². The van der Waals surface area contributed by atoms with Crippen molar-refractivity contribution in [3.63, 3.8) is 0 Å². The van der Waals surface area contributed by atoms with E-state index in [0.717, 1.165) is 32.1 Å². The summed E-state index contributed by atoms with van der Waals surface area (Å²) in [5, 5.41) is 40.5. The standard InChI is InChI=1S/C20H29NO3/c1-17-9-10-20(23,24)11-13(17)3-4-14-15(17)5-7-18(2)16(14)6-8-19(18,22)12-21/h3,14-16,22-24H,4-11H2,1-2H3/t14-,15-,16+,17+,18+,19?/m1/s1. The number of rotatable bonds is 0. The van der Waals surface area contributed by atoms with Crippen molar-refractivity contribution < 1.29 is 15.3 Å². The largest absolute Gasteiger partial charge is 0.375 e. The first-order valence-corrected chi connectivity index (χ1v) is 9.43. The van der Waals surface area contributed by atoms with Crippen LogP contribution in [0.4, 0.5) is 0 Å². The first kappa shape index (κ1) is 16.6. The third kappa shape index (κ3) is 1.95. The Hall–Kier alpha value is -0.890. The number of fused-ring (bicyclic) bond motifs is 5. The highest BCUT2D eigenvalue weighted by atomic mass is 16.5. The maximum atomic E-state index is 10.9. The molecule has 0 aromatic rings. The van der Waals surface area contributed by atoms with Crippen LogP contribution in [0.3, 0.4) is 0 Å². The van der Waals surface area contributed by atoms with Gasteiger partial charge in [-0.2, -0.15) is 5.26 Å². The highest BCUT2D eigenvalue weighted by Gasteiger charge is 2.64. The molecule has 1 unspecified atom stereocenters. The average molecular weight is 331 g/mol. The number of nitriles is 1. The summed E-state index contributed by atoms with van der Waals surface area (Å²) in [6.45, 7) is 4.43. The van der Waals surface area contributed by atoms with Crippen LogP contribution in [-0.4, -0.2) is 26.7 Å². The van der Waals surface area contributed by atoms with E-state index < -0.39 is 11.4 Å². The Kier molecular flexibility index (Phi) is 3.34. The quantitative estimate of drug-likeness (QED) is 0.362. The minimum atomic E-state index is -1.55. The van der Waals surface area contributed by atoms with Crippen LogP contribution in [-0.2, 0) is 0 Å². The Bertz CT molecular complexity index is 635. The van der Waals surface area contributed by atoms with E-state index in [1.54, 1.807) is 0 Å². The molecule has 4 heteroatoms. The van der Waals surface area contributed by atoms with Gasteiger partial charge in [-0.1, -0.05) is 25.5 Å². The van der Waals surface area contributed by atoms with E-state index in [1.807, 2.05) is 0 Å². The first-order chi connectivity index (χ1) is 11.2. The molecule has 0 aliphatic heterocycles. The van der Waals surface area contributed by atoms with E-state index in [1.165, 1.54) is 5.57 Å². The van der Waals surface area contributed by atoms with Crippen LogP contribution in [0.25, 0.3) is 0 Å². The number of hydrogen-bond donors (Lipinski definition) is 3. The molecule has 3 N–H and O–H groups in total. The Balaban J connectivity index is 1.69. The molecule has 3 fully saturated rings. The highest BCUT2D eigenvalue weighted by molar-refractivity contribution is 5.28. The molecule has 0 aromatic carbocycles. The van der Waals surface area contributed by atoms with Crippen molar-refractivity contribution in [3.05, 3.63) is 11.6 Å². The van der Waals surface area contributed by atoms with Crippen LogP contribution in [0.1, 0.15) is 65.2 Å². The SMILES string of the molecule is C[C@]12CCC(O)(O)CC1=CC[C@@H]1[C@H]2CC[C@@]2(C)[C@H]1CCC2(O)C#N. The predicted molar refractivity (Wildman–Crippen MR) is 89.4 cm³/mol. The molecule has 0 spiro atoms. The highest BCUT2D eigenvalue weighted by Crippen LogP contribution is 2.67. The van der Waals surface area contributed by atoms with Gasteiger partial charge in [-0.25, -0.2) is 0 Å². The van der Waals surface area contributed by atoms with Crippen molar-refractivity contribution in [2.75, 3.05) is 0 Å². The van der Waals surface area contributed by atoms with Gasteiger partial charge in [0.1, 0.15) is 0 Å². The minimum Gasteiger partial charge on any atom is -0.375 e. The summed E-state index contributed by atoms with van der Waals surface area (Å²) in [5.41, 5.74) is -0.202. The molecule has 4 nitrogen and oxygen atoms in total. The van der Waals surface area contributed by atoms with Crippen molar-refractivity contribution >= 4 is 0 Å². The van der Waals surface area contributed by atoms with E-state index in [9.17, 15) is 20.6 Å². The molecule has 0 heterocycles. The van der Waals surface area contributed by atoms with Crippen LogP contribution >= 0.6 is 0 Å². The van der Waals surface area contributed by atoms with Crippen molar-refractivity contribution in [2.45, 2.75) is 76.6 Å². The van der Waals surface area contributed by atoms with Gasteiger partial charge in [0.25, 0.3) is 0 Å². The van der Waals surface area contributed by atoms with Gasteiger partial charge in [0.2, 0.25) is 0 Å². The van der Waals surface area contributed by atoms with E-state index >= 15 is 0 Å². The Morgan fingerprint density at radius 1 is 1.04 bits per heavy atom. The number of nitrogens with zero attached hydrogens (tertiary/aromatic N) is 1. The third-order valence-electron chi connectivity index (χ3n) is 8.48. The molecular formula is C20H29NO3. The van der Waals surface area contributed by atoms with E-state index in [4.69, 9.17) is 0 Å². The summed E-state index contributed by atoms with van der Waals surface area (Å²) in [7, 11) is 0. The minimum absolute atomic E-state index is 0.0482. The molecular weight excluding hydrogens is 302 g/mol. The molecule has 132 valence electrons. The molecule has 0 amide bonds. The van der Waals surface area contributed by atoms with Gasteiger partial charge in [-0.15, -0.1) is 0 Å². The molecule has 4 rings (SSSR count). The molecule has 0 saturated heterocycles. The van der Waals surface area contributed by atoms with Crippen molar-refractivity contribution in [2.24, 2.45) is 28.6 Å². The first-order valence-electron chi connectivity index (χ1n) is 9.43. The summed E-state index contributed by atoms with van der Waals surface area (Å²) in [5.74, 6) is -0.113. The second kappa shape index (κ2) is 4.84. The molecule has 0 bridgehead atoms. The molecule has 0 aromatic heterocycles. The lowest BCUT2D eigenvalue weighted by Gasteiger charge is -2.58. The van der Waals surface area contributed by atoms with Gasteiger partial charge >= 0.3 is 0 Å².